The molecule has 0 bridgehead atoms. The molecule has 0 saturated carbocycles. The van der Waals surface area contributed by atoms with Gasteiger partial charge >= 0.3 is 5.97 Å². The Balaban J connectivity index is 2.78. The highest BCUT2D eigenvalue weighted by atomic mass is 32.2. The predicted molar refractivity (Wildman–Crippen MR) is 78.5 cm³/mol. The molecule has 1 rings (SSSR count). The van der Waals surface area contributed by atoms with Gasteiger partial charge in [0.25, 0.3) is 0 Å². The molecule has 112 valence electrons. The van der Waals surface area contributed by atoms with Crippen LogP contribution in [0, 0.1) is 5.92 Å². The topological polar surface area (TPSA) is 71.4 Å². The zero-order valence-electron chi connectivity index (χ0n) is 12.0. The van der Waals surface area contributed by atoms with Crippen LogP contribution in [0.15, 0.2) is 29.2 Å². The summed E-state index contributed by atoms with van der Waals surface area (Å²) in [5.74, 6) is -0.490. The lowest BCUT2D eigenvalue weighted by molar-refractivity contribution is -0.136. The molecular weight excluding hydrogens is 276 g/mol. The lowest BCUT2D eigenvalue weighted by atomic mass is 10.1. The molecule has 4 nitrogen and oxygen atoms in total. The van der Waals surface area contributed by atoms with Gasteiger partial charge in [-0.25, -0.2) is 8.42 Å². The van der Waals surface area contributed by atoms with E-state index in [1.807, 2.05) is 13.8 Å². The summed E-state index contributed by atoms with van der Waals surface area (Å²) in [5, 5.41) is 8.62. The second-order valence-electron chi connectivity index (χ2n) is 5.00. The summed E-state index contributed by atoms with van der Waals surface area (Å²) in [7, 11) is -3.25. The van der Waals surface area contributed by atoms with Crippen LogP contribution < -0.4 is 0 Å². The van der Waals surface area contributed by atoms with Gasteiger partial charge in [-0.1, -0.05) is 38.8 Å². The van der Waals surface area contributed by atoms with E-state index < -0.39 is 15.8 Å². The van der Waals surface area contributed by atoms with Crippen molar-refractivity contribution >= 4 is 15.8 Å². The first-order valence-corrected chi connectivity index (χ1v) is 8.57. The van der Waals surface area contributed by atoms with Gasteiger partial charge < -0.3 is 5.11 Å². The lowest BCUT2D eigenvalue weighted by Crippen LogP contribution is -2.15. The fourth-order valence-corrected chi connectivity index (χ4v) is 3.88. The number of rotatable bonds is 8. The van der Waals surface area contributed by atoms with Gasteiger partial charge in [-0.05, 0) is 30.0 Å². The van der Waals surface area contributed by atoms with Crippen molar-refractivity contribution < 1.29 is 18.3 Å². The molecule has 1 aromatic carbocycles. The second-order valence-corrected chi connectivity index (χ2v) is 7.04. The molecule has 1 N–H and O–H groups in total. The highest BCUT2D eigenvalue weighted by Gasteiger charge is 2.19. The second kappa shape index (κ2) is 7.43. The van der Waals surface area contributed by atoms with Gasteiger partial charge in [0.2, 0.25) is 0 Å². The van der Waals surface area contributed by atoms with E-state index in [2.05, 4.69) is 0 Å². The molecule has 0 saturated heterocycles. The summed E-state index contributed by atoms with van der Waals surface area (Å²) in [5.41, 5.74) is 0.842. The molecule has 0 fully saturated rings. The van der Waals surface area contributed by atoms with Gasteiger partial charge in [-0.3, -0.25) is 4.79 Å². The minimum absolute atomic E-state index is 0.0554. The zero-order chi connectivity index (χ0) is 15.2. The van der Waals surface area contributed by atoms with E-state index in [1.165, 1.54) is 0 Å². The molecule has 0 spiro atoms. The van der Waals surface area contributed by atoms with E-state index in [-0.39, 0.29) is 18.1 Å². The van der Waals surface area contributed by atoms with Crippen LogP contribution in [0.3, 0.4) is 0 Å². The van der Waals surface area contributed by atoms with Crippen molar-refractivity contribution in [2.75, 3.05) is 5.75 Å². The highest BCUT2D eigenvalue weighted by Crippen LogP contribution is 2.19. The fraction of sp³-hybridized carbons (Fsp3) is 0.533. The zero-order valence-corrected chi connectivity index (χ0v) is 12.8. The Hall–Kier alpha value is -1.36. The number of carboxylic acids is 1. The fourth-order valence-electron chi connectivity index (χ4n) is 2.05. The smallest absolute Gasteiger partial charge is 0.303 e. The molecule has 0 aliphatic rings. The average molecular weight is 298 g/mol. The maximum atomic E-state index is 12.2. The van der Waals surface area contributed by atoms with Gasteiger partial charge in [-0.15, -0.1) is 0 Å². The summed E-state index contributed by atoms with van der Waals surface area (Å²) in [4.78, 5) is 10.8. The third-order valence-corrected chi connectivity index (χ3v) is 5.42. The van der Waals surface area contributed by atoms with E-state index in [0.717, 1.165) is 18.4 Å². The minimum Gasteiger partial charge on any atom is -0.481 e. The van der Waals surface area contributed by atoms with Crippen molar-refractivity contribution in [1.82, 2.24) is 0 Å². The molecule has 5 heteroatoms. The van der Waals surface area contributed by atoms with Crippen LogP contribution in [-0.4, -0.2) is 25.2 Å². The predicted octanol–water partition coefficient (Wildman–Crippen LogP) is 2.91. The monoisotopic (exact) mass is 298 g/mol. The van der Waals surface area contributed by atoms with Crippen LogP contribution in [0.1, 0.15) is 38.7 Å². The minimum atomic E-state index is -3.25. The first-order valence-electron chi connectivity index (χ1n) is 6.92. The molecule has 0 amide bonds. The molecule has 0 atom stereocenters. The number of benzene rings is 1. The first kappa shape index (κ1) is 16.7. The number of carbonyl (C=O) groups is 1. The van der Waals surface area contributed by atoms with Crippen molar-refractivity contribution in [3.05, 3.63) is 29.8 Å². The largest absolute Gasteiger partial charge is 0.481 e. The van der Waals surface area contributed by atoms with Gasteiger partial charge in [0, 0.05) is 6.42 Å². The summed E-state index contributed by atoms with van der Waals surface area (Å²) in [6.07, 6.45) is 2.18. The van der Waals surface area contributed by atoms with Gasteiger partial charge in [0.15, 0.2) is 9.84 Å². The maximum Gasteiger partial charge on any atom is 0.303 e. The Morgan fingerprint density at radius 2 is 1.70 bits per heavy atom. The van der Waals surface area contributed by atoms with E-state index in [0.29, 0.717) is 11.3 Å². The van der Waals surface area contributed by atoms with E-state index in [9.17, 15) is 13.2 Å². The number of hydrogen-bond acceptors (Lipinski definition) is 3. The van der Waals surface area contributed by atoms with Crippen LogP contribution in [0.2, 0.25) is 0 Å². The molecule has 20 heavy (non-hydrogen) atoms. The third-order valence-electron chi connectivity index (χ3n) is 3.52. The van der Waals surface area contributed by atoms with Crippen LogP contribution in [0.4, 0.5) is 0 Å². The molecular formula is C15H22O4S. The molecule has 0 aliphatic carbocycles. The molecule has 0 radical (unpaired) electrons. The van der Waals surface area contributed by atoms with Crippen LogP contribution in [0.5, 0.6) is 0 Å². The van der Waals surface area contributed by atoms with Crippen LogP contribution >= 0.6 is 0 Å². The number of hydrogen-bond donors (Lipinski definition) is 1. The number of carboxylic acid groups (broad SMARTS) is 1. The number of aryl methyl sites for hydroxylation is 1. The van der Waals surface area contributed by atoms with Crippen molar-refractivity contribution in [2.45, 2.75) is 44.4 Å². The molecule has 1 aromatic rings. The van der Waals surface area contributed by atoms with Gasteiger partial charge in [0.1, 0.15) is 0 Å². The van der Waals surface area contributed by atoms with Crippen molar-refractivity contribution in [3.8, 4) is 0 Å². The van der Waals surface area contributed by atoms with E-state index in [4.69, 9.17) is 5.11 Å². The van der Waals surface area contributed by atoms with Crippen LogP contribution in [0.25, 0.3) is 0 Å². The summed E-state index contributed by atoms with van der Waals surface area (Å²) < 4.78 is 24.5. The Morgan fingerprint density at radius 1 is 1.15 bits per heavy atom. The Bertz CT molecular complexity index is 527. The molecule has 0 aliphatic heterocycles. The number of aliphatic carboxylic acids is 1. The van der Waals surface area contributed by atoms with E-state index in [1.54, 1.807) is 24.3 Å². The van der Waals surface area contributed by atoms with Gasteiger partial charge in [-0.2, -0.15) is 0 Å². The summed E-state index contributed by atoms with van der Waals surface area (Å²) >= 11 is 0. The first-order chi connectivity index (χ1) is 9.39. The number of sulfone groups is 1. The third kappa shape index (κ3) is 4.96. The van der Waals surface area contributed by atoms with Crippen molar-refractivity contribution in [1.29, 1.82) is 0 Å². The molecule has 0 heterocycles. The Morgan fingerprint density at radius 3 is 2.15 bits per heavy atom. The summed E-state index contributed by atoms with van der Waals surface area (Å²) in [6, 6.07) is 6.55. The Labute approximate surface area is 120 Å². The van der Waals surface area contributed by atoms with Crippen LogP contribution in [-0.2, 0) is 21.1 Å². The van der Waals surface area contributed by atoms with Crippen molar-refractivity contribution in [3.63, 3.8) is 0 Å². The van der Waals surface area contributed by atoms with Gasteiger partial charge in [0.05, 0.1) is 10.6 Å². The molecule has 0 unspecified atom stereocenters. The van der Waals surface area contributed by atoms with Crippen molar-refractivity contribution in [2.24, 2.45) is 5.92 Å². The average Bonchev–Trinajstić information content (AvgIpc) is 2.43. The Kier molecular flexibility index (Phi) is 6.20. The maximum absolute atomic E-state index is 12.2. The highest BCUT2D eigenvalue weighted by molar-refractivity contribution is 7.91. The van der Waals surface area contributed by atoms with E-state index >= 15 is 0 Å². The lowest BCUT2D eigenvalue weighted by Gasteiger charge is -2.13. The standard InChI is InChI=1S/C15H22O4S/c1-3-12(4-2)11-20(18,19)14-8-5-13(6-9-14)7-10-15(16)17/h5-6,8-9,12H,3-4,7,10-11H2,1-2H3,(H,16,17). The molecule has 0 aromatic heterocycles. The summed E-state index contributed by atoms with van der Waals surface area (Å²) in [6.45, 7) is 4.00. The quantitative estimate of drug-likeness (QED) is 0.801. The SMILES string of the molecule is CCC(CC)CS(=O)(=O)c1ccc(CCC(=O)O)cc1. The normalized spacial score (nSPS) is 11.8.